The Labute approximate surface area is 100 Å². The highest BCUT2D eigenvalue weighted by Crippen LogP contribution is 2.20. The zero-order valence-corrected chi connectivity index (χ0v) is 10.1. The smallest absolute Gasteiger partial charge is 0.0946 e. The first kappa shape index (κ1) is 11.0. The lowest BCUT2D eigenvalue weighted by Crippen LogP contribution is -2.03. The quantitative estimate of drug-likeness (QED) is 0.887. The van der Waals surface area contributed by atoms with Crippen LogP contribution in [0.5, 0.6) is 0 Å². The number of halogens is 1. The highest BCUT2D eigenvalue weighted by atomic mass is 35.5. The Bertz CT molecular complexity index is 491. The van der Waals surface area contributed by atoms with Gasteiger partial charge in [0.2, 0.25) is 0 Å². The Morgan fingerprint density at radius 1 is 1.44 bits per heavy atom. The van der Waals surface area contributed by atoms with Crippen LogP contribution in [0.15, 0.2) is 30.7 Å². The fourth-order valence-corrected chi connectivity index (χ4v) is 1.63. The summed E-state index contributed by atoms with van der Waals surface area (Å²) in [6, 6.07) is 5.97. The lowest BCUT2D eigenvalue weighted by Gasteiger charge is -2.08. The predicted octanol–water partition coefficient (Wildman–Crippen LogP) is 2.99. The van der Waals surface area contributed by atoms with Crippen molar-refractivity contribution in [3.63, 3.8) is 0 Å². The third-order valence-corrected chi connectivity index (χ3v) is 2.97. The van der Waals surface area contributed by atoms with Crippen molar-refractivity contribution in [2.75, 3.05) is 5.32 Å². The molecule has 0 atom stereocenters. The van der Waals surface area contributed by atoms with E-state index in [2.05, 4.69) is 10.3 Å². The summed E-state index contributed by atoms with van der Waals surface area (Å²) in [5.74, 6) is 0. The van der Waals surface area contributed by atoms with Gasteiger partial charge in [0.05, 0.1) is 18.6 Å². The number of benzene rings is 1. The Balaban J connectivity index is 2.05. The van der Waals surface area contributed by atoms with E-state index in [1.54, 1.807) is 6.33 Å². The second-order valence-electron chi connectivity index (χ2n) is 3.81. The maximum Gasteiger partial charge on any atom is 0.0946 e. The van der Waals surface area contributed by atoms with Crippen molar-refractivity contribution in [2.24, 2.45) is 7.05 Å². The summed E-state index contributed by atoms with van der Waals surface area (Å²) < 4.78 is 1.99. The number of nitrogens with zero attached hydrogens (tertiary/aromatic N) is 2. The van der Waals surface area contributed by atoms with E-state index in [-0.39, 0.29) is 0 Å². The summed E-state index contributed by atoms with van der Waals surface area (Å²) in [6.45, 7) is 2.74. The van der Waals surface area contributed by atoms with Gasteiger partial charge in [-0.2, -0.15) is 0 Å². The Morgan fingerprint density at radius 3 is 2.88 bits per heavy atom. The fourth-order valence-electron chi connectivity index (χ4n) is 1.45. The van der Waals surface area contributed by atoms with Crippen molar-refractivity contribution in [3.05, 3.63) is 47.0 Å². The van der Waals surface area contributed by atoms with Gasteiger partial charge in [-0.05, 0) is 24.6 Å². The van der Waals surface area contributed by atoms with E-state index < -0.39 is 0 Å². The minimum atomic E-state index is 0.746. The van der Waals surface area contributed by atoms with Crippen LogP contribution in [-0.4, -0.2) is 9.55 Å². The average molecular weight is 236 g/mol. The lowest BCUT2D eigenvalue weighted by atomic mass is 10.2. The molecule has 4 heteroatoms. The molecule has 0 bridgehead atoms. The van der Waals surface area contributed by atoms with Gasteiger partial charge in [-0.3, -0.25) is 0 Å². The van der Waals surface area contributed by atoms with Gasteiger partial charge in [0.1, 0.15) is 0 Å². The number of imidazole rings is 1. The second kappa shape index (κ2) is 4.58. The molecule has 1 aromatic heterocycles. The Kier molecular flexibility index (Phi) is 3.15. The van der Waals surface area contributed by atoms with E-state index in [1.807, 2.05) is 42.9 Å². The first-order valence-electron chi connectivity index (χ1n) is 5.12. The topological polar surface area (TPSA) is 29.9 Å². The van der Waals surface area contributed by atoms with Crippen LogP contribution in [-0.2, 0) is 13.6 Å². The fraction of sp³-hybridized carbons (Fsp3) is 0.250. The SMILES string of the molecule is Cc1ccc(NCc2cncn2C)cc1Cl. The maximum atomic E-state index is 6.05. The molecule has 0 fully saturated rings. The maximum absolute atomic E-state index is 6.05. The molecule has 0 aliphatic carbocycles. The Hall–Kier alpha value is -1.48. The van der Waals surface area contributed by atoms with Crippen LogP contribution in [0.4, 0.5) is 5.69 Å². The van der Waals surface area contributed by atoms with Crippen LogP contribution >= 0.6 is 11.6 Å². The number of hydrogen-bond acceptors (Lipinski definition) is 2. The molecule has 2 aromatic rings. The average Bonchev–Trinajstić information content (AvgIpc) is 2.66. The molecule has 0 spiro atoms. The molecular weight excluding hydrogens is 222 g/mol. The number of nitrogens with one attached hydrogen (secondary N) is 1. The molecule has 0 aliphatic heterocycles. The van der Waals surface area contributed by atoms with Crippen LogP contribution in [0.2, 0.25) is 5.02 Å². The number of hydrogen-bond donors (Lipinski definition) is 1. The zero-order chi connectivity index (χ0) is 11.5. The summed E-state index contributed by atoms with van der Waals surface area (Å²) >= 11 is 6.05. The standard InChI is InChI=1S/C12H14ClN3/c1-9-3-4-10(5-12(9)13)15-7-11-6-14-8-16(11)2/h3-6,8,15H,7H2,1-2H3. The first-order chi connectivity index (χ1) is 7.66. The normalized spacial score (nSPS) is 10.4. The lowest BCUT2D eigenvalue weighted by molar-refractivity contribution is 0.837. The molecular formula is C12H14ClN3. The summed E-state index contributed by atoms with van der Waals surface area (Å²) in [5, 5.41) is 4.10. The van der Waals surface area contributed by atoms with E-state index >= 15 is 0 Å². The van der Waals surface area contributed by atoms with Crippen LogP contribution in [0.1, 0.15) is 11.3 Å². The molecule has 1 heterocycles. The van der Waals surface area contributed by atoms with Crippen LogP contribution in [0.3, 0.4) is 0 Å². The van der Waals surface area contributed by atoms with Gasteiger partial charge in [0, 0.05) is 24.0 Å². The summed E-state index contributed by atoms with van der Waals surface area (Å²) in [6.07, 6.45) is 3.64. The van der Waals surface area contributed by atoms with Crippen molar-refractivity contribution in [1.82, 2.24) is 9.55 Å². The molecule has 0 radical (unpaired) electrons. The van der Waals surface area contributed by atoms with Gasteiger partial charge < -0.3 is 9.88 Å². The van der Waals surface area contributed by atoms with Gasteiger partial charge in [-0.1, -0.05) is 17.7 Å². The molecule has 1 N–H and O–H groups in total. The van der Waals surface area contributed by atoms with Crippen molar-refractivity contribution in [1.29, 1.82) is 0 Å². The molecule has 0 saturated carbocycles. The zero-order valence-electron chi connectivity index (χ0n) is 9.37. The van der Waals surface area contributed by atoms with Gasteiger partial charge in [0.15, 0.2) is 0 Å². The Morgan fingerprint density at radius 2 is 2.25 bits per heavy atom. The van der Waals surface area contributed by atoms with Gasteiger partial charge in [0.25, 0.3) is 0 Å². The number of rotatable bonds is 3. The van der Waals surface area contributed by atoms with Gasteiger partial charge >= 0.3 is 0 Å². The molecule has 0 amide bonds. The third-order valence-electron chi connectivity index (χ3n) is 2.56. The van der Waals surface area contributed by atoms with E-state index in [4.69, 9.17) is 11.6 Å². The molecule has 16 heavy (non-hydrogen) atoms. The van der Waals surface area contributed by atoms with E-state index in [0.717, 1.165) is 28.5 Å². The van der Waals surface area contributed by atoms with Gasteiger partial charge in [-0.15, -0.1) is 0 Å². The van der Waals surface area contributed by atoms with Crippen molar-refractivity contribution in [2.45, 2.75) is 13.5 Å². The van der Waals surface area contributed by atoms with Crippen molar-refractivity contribution in [3.8, 4) is 0 Å². The van der Waals surface area contributed by atoms with E-state index in [1.165, 1.54) is 0 Å². The predicted molar refractivity (Wildman–Crippen MR) is 66.7 cm³/mol. The summed E-state index contributed by atoms with van der Waals surface area (Å²) in [4.78, 5) is 4.06. The molecule has 2 rings (SSSR count). The minimum Gasteiger partial charge on any atom is -0.379 e. The van der Waals surface area contributed by atoms with Crippen LogP contribution in [0, 0.1) is 6.92 Å². The summed E-state index contributed by atoms with van der Waals surface area (Å²) in [7, 11) is 1.98. The van der Waals surface area contributed by atoms with E-state index in [0.29, 0.717) is 0 Å². The van der Waals surface area contributed by atoms with Gasteiger partial charge in [-0.25, -0.2) is 4.98 Å². The molecule has 3 nitrogen and oxygen atoms in total. The van der Waals surface area contributed by atoms with Crippen LogP contribution < -0.4 is 5.32 Å². The monoisotopic (exact) mass is 235 g/mol. The number of aromatic nitrogens is 2. The van der Waals surface area contributed by atoms with E-state index in [9.17, 15) is 0 Å². The highest BCUT2D eigenvalue weighted by molar-refractivity contribution is 6.31. The van der Waals surface area contributed by atoms with Crippen molar-refractivity contribution >= 4 is 17.3 Å². The number of aryl methyl sites for hydroxylation is 2. The summed E-state index contributed by atoms with van der Waals surface area (Å²) in [5.41, 5.74) is 3.25. The first-order valence-corrected chi connectivity index (χ1v) is 5.50. The second-order valence-corrected chi connectivity index (χ2v) is 4.22. The molecule has 1 aromatic carbocycles. The number of anilines is 1. The molecule has 84 valence electrons. The molecule has 0 saturated heterocycles. The van der Waals surface area contributed by atoms with Crippen molar-refractivity contribution < 1.29 is 0 Å². The van der Waals surface area contributed by atoms with Crippen LogP contribution in [0.25, 0.3) is 0 Å². The molecule has 0 aliphatic rings. The minimum absolute atomic E-state index is 0.746. The molecule has 0 unspecified atom stereocenters. The largest absolute Gasteiger partial charge is 0.379 e. The third kappa shape index (κ3) is 2.36. The highest BCUT2D eigenvalue weighted by Gasteiger charge is 2.00.